The van der Waals surface area contributed by atoms with Gasteiger partial charge in [-0.15, -0.1) is 0 Å². The highest BCUT2D eigenvalue weighted by molar-refractivity contribution is 8.18. The van der Waals surface area contributed by atoms with E-state index >= 15 is 0 Å². The highest BCUT2D eigenvalue weighted by Crippen LogP contribution is 2.40. The SMILES string of the molecule is COc1cc(N2CCCC2)c(OC)cc1/C=C1\SC(=O)N(CC(=O)Nc2ccc(C)cc2)C1=O. The van der Waals surface area contributed by atoms with Gasteiger partial charge in [0.25, 0.3) is 11.1 Å². The zero-order valence-electron chi connectivity index (χ0n) is 19.4. The molecule has 0 aromatic heterocycles. The summed E-state index contributed by atoms with van der Waals surface area (Å²) in [7, 11) is 3.17. The third-order valence-electron chi connectivity index (χ3n) is 5.78. The summed E-state index contributed by atoms with van der Waals surface area (Å²) in [6, 6.07) is 11.0. The minimum atomic E-state index is -0.515. The minimum Gasteiger partial charge on any atom is -0.496 e. The molecular weight excluding hydrogens is 454 g/mol. The first-order valence-corrected chi connectivity index (χ1v) is 11.8. The van der Waals surface area contributed by atoms with Crippen molar-refractivity contribution in [3.8, 4) is 11.5 Å². The second-order valence-corrected chi connectivity index (χ2v) is 9.14. The number of benzene rings is 2. The molecule has 2 fully saturated rings. The minimum absolute atomic E-state index is 0.224. The molecule has 2 aromatic rings. The lowest BCUT2D eigenvalue weighted by molar-refractivity contribution is -0.127. The average molecular weight is 482 g/mol. The number of carbonyl (C=O) groups is 3. The number of nitrogens with one attached hydrogen (secondary N) is 1. The van der Waals surface area contributed by atoms with Crippen LogP contribution < -0.4 is 19.7 Å². The Balaban J connectivity index is 1.53. The Morgan fingerprint density at radius 2 is 1.74 bits per heavy atom. The molecule has 0 atom stereocenters. The Morgan fingerprint density at radius 1 is 1.06 bits per heavy atom. The molecule has 9 heteroatoms. The Morgan fingerprint density at radius 3 is 2.38 bits per heavy atom. The summed E-state index contributed by atoms with van der Waals surface area (Å²) in [6.45, 7) is 3.48. The van der Waals surface area contributed by atoms with Gasteiger partial charge >= 0.3 is 0 Å². The van der Waals surface area contributed by atoms with Crippen molar-refractivity contribution < 1.29 is 23.9 Å². The average Bonchev–Trinajstić information content (AvgIpc) is 3.45. The summed E-state index contributed by atoms with van der Waals surface area (Å²) in [4.78, 5) is 41.3. The predicted octanol–water partition coefficient (Wildman–Crippen LogP) is 4.29. The molecule has 4 rings (SSSR count). The number of ether oxygens (including phenoxy) is 2. The van der Waals surface area contributed by atoms with Crippen molar-refractivity contribution >= 4 is 46.3 Å². The van der Waals surface area contributed by atoms with Crippen molar-refractivity contribution in [3.05, 3.63) is 52.4 Å². The van der Waals surface area contributed by atoms with Gasteiger partial charge in [-0.3, -0.25) is 19.3 Å². The van der Waals surface area contributed by atoms with Crippen LogP contribution in [0.2, 0.25) is 0 Å². The van der Waals surface area contributed by atoms with E-state index in [0.717, 1.165) is 53.8 Å². The van der Waals surface area contributed by atoms with E-state index in [9.17, 15) is 14.4 Å². The van der Waals surface area contributed by atoms with E-state index in [1.165, 1.54) is 0 Å². The summed E-state index contributed by atoms with van der Waals surface area (Å²) in [5.74, 6) is 0.289. The van der Waals surface area contributed by atoms with Gasteiger partial charge in [-0.25, -0.2) is 0 Å². The number of carbonyl (C=O) groups excluding carboxylic acids is 3. The van der Waals surface area contributed by atoms with Crippen molar-refractivity contribution in [1.82, 2.24) is 4.90 Å². The molecule has 2 aliphatic rings. The van der Waals surface area contributed by atoms with E-state index in [1.807, 2.05) is 31.2 Å². The van der Waals surface area contributed by atoms with E-state index in [1.54, 1.807) is 32.4 Å². The monoisotopic (exact) mass is 481 g/mol. The summed E-state index contributed by atoms with van der Waals surface area (Å²) in [6.07, 6.45) is 3.85. The van der Waals surface area contributed by atoms with E-state index < -0.39 is 17.1 Å². The van der Waals surface area contributed by atoms with Crippen molar-refractivity contribution in [2.24, 2.45) is 0 Å². The zero-order valence-corrected chi connectivity index (χ0v) is 20.2. The van der Waals surface area contributed by atoms with Crippen molar-refractivity contribution in [3.63, 3.8) is 0 Å². The first-order valence-electron chi connectivity index (χ1n) is 11.0. The summed E-state index contributed by atoms with van der Waals surface area (Å²) >= 11 is 0.801. The van der Waals surface area contributed by atoms with Gasteiger partial charge in [-0.2, -0.15) is 0 Å². The molecular formula is C25H27N3O5S. The third kappa shape index (κ3) is 5.04. The van der Waals surface area contributed by atoms with Crippen LogP contribution in [0.3, 0.4) is 0 Å². The van der Waals surface area contributed by atoms with Gasteiger partial charge in [-0.05, 0) is 55.8 Å². The van der Waals surface area contributed by atoms with Crippen LogP contribution in [0.15, 0.2) is 41.3 Å². The van der Waals surface area contributed by atoms with Crippen LogP contribution >= 0.6 is 11.8 Å². The number of amides is 3. The maximum absolute atomic E-state index is 12.9. The zero-order chi connectivity index (χ0) is 24.2. The number of hydrogen-bond donors (Lipinski definition) is 1. The smallest absolute Gasteiger partial charge is 0.294 e. The van der Waals surface area contributed by atoms with Gasteiger partial charge in [0, 0.05) is 30.4 Å². The quantitative estimate of drug-likeness (QED) is 0.590. The second-order valence-electron chi connectivity index (χ2n) is 8.14. The molecule has 34 heavy (non-hydrogen) atoms. The number of imide groups is 1. The maximum atomic E-state index is 12.9. The van der Waals surface area contributed by atoms with Gasteiger partial charge in [0.1, 0.15) is 18.0 Å². The fourth-order valence-electron chi connectivity index (χ4n) is 3.98. The van der Waals surface area contributed by atoms with Crippen LogP contribution in [0.4, 0.5) is 16.2 Å². The fourth-order valence-corrected chi connectivity index (χ4v) is 4.81. The molecule has 3 amide bonds. The van der Waals surface area contributed by atoms with Crippen LogP contribution in [0.5, 0.6) is 11.5 Å². The molecule has 2 aliphatic heterocycles. The summed E-state index contributed by atoms with van der Waals surface area (Å²) in [5, 5.41) is 2.22. The van der Waals surface area contributed by atoms with E-state index in [-0.39, 0.29) is 11.4 Å². The molecule has 2 saturated heterocycles. The summed E-state index contributed by atoms with van der Waals surface area (Å²) < 4.78 is 11.2. The highest BCUT2D eigenvalue weighted by atomic mass is 32.2. The molecule has 2 aromatic carbocycles. The Labute approximate surface area is 202 Å². The highest BCUT2D eigenvalue weighted by Gasteiger charge is 2.36. The normalized spacial score (nSPS) is 17.0. The fraction of sp³-hybridized carbons (Fsp3) is 0.320. The lowest BCUT2D eigenvalue weighted by atomic mass is 10.1. The van der Waals surface area contributed by atoms with Crippen LogP contribution in [0.25, 0.3) is 6.08 Å². The first-order chi connectivity index (χ1) is 16.4. The molecule has 0 saturated carbocycles. The number of aryl methyl sites for hydroxylation is 1. The van der Waals surface area contributed by atoms with Gasteiger partial charge in [0.2, 0.25) is 5.91 Å². The van der Waals surface area contributed by atoms with Gasteiger partial charge in [0.05, 0.1) is 24.8 Å². The molecule has 0 unspecified atom stereocenters. The van der Waals surface area contributed by atoms with Gasteiger partial charge in [-0.1, -0.05) is 17.7 Å². The molecule has 8 nitrogen and oxygen atoms in total. The number of anilines is 2. The van der Waals surface area contributed by atoms with Crippen LogP contribution in [0, 0.1) is 6.92 Å². The van der Waals surface area contributed by atoms with Crippen LogP contribution in [0.1, 0.15) is 24.0 Å². The molecule has 2 heterocycles. The Kier molecular flexibility index (Phi) is 7.12. The number of nitrogens with zero attached hydrogens (tertiary/aromatic N) is 2. The molecule has 178 valence electrons. The first kappa shape index (κ1) is 23.7. The Bertz CT molecular complexity index is 1140. The standard InChI is InChI=1S/C25H27N3O5S/c1-16-6-8-18(9-7-16)26-23(29)15-28-24(30)22(34-25(28)31)13-17-12-21(33-3)19(14-20(17)32-2)27-10-4-5-11-27/h6-9,12-14H,4-5,10-11,15H2,1-3H3,(H,26,29)/b22-13-. The van der Waals surface area contributed by atoms with Crippen LogP contribution in [-0.4, -0.2) is 55.8 Å². The van der Waals surface area contributed by atoms with Crippen molar-refractivity contribution in [2.75, 3.05) is 44.1 Å². The number of rotatable bonds is 7. The number of hydrogen-bond acceptors (Lipinski definition) is 7. The molecule has 1 N–H and O–H groups in total. The van der Waals surface area contributed by atoms with Crippen molar-refractivity contribution in [2.45, 2.75) is 19.8 Å². The third-order valence-corrected chi connectivity index (χ3v) is 6.68. The lowest BCUT2D eigenvalue weighted by Crippen LogP contribution is -2.36. The van der Waals surface area contributed by atoms with E-state index in [2.05, 4.69) is 10.2 Å². The maximum Gasteiger partial charge on any atom is 0.294 e. The molecule has 0 radical (unpaired) electrons. The van der Waals surface area contributed by atoms with E-state index in [4.69, 9.17) is 9.47 Å². The Hall–Kier alpha value is -3.46. The summed E-state index contributed by atoms with van der Waals surface area (Å²) in [5.41, 5.74) is 3.23. The van der Waals surface area contributed by atoms with Crippen LogP contribution in [-0.2, 0) is 9.59 Å². The lowest BCUT2D eigenvalue weighted by Gasteiger charge is -2.22. The topological polar surface area (TPSA) is 88.2 Å². The molecule has 0 aliphatic carbocycles. The largest absolute Gasteiger partial charge is 0.496 e. The second kappa shape index (κ2) is 10.2. The molecule has 0 bridgehead atoms. The van der Waals surface area contributed by atoms with Gasteiger partial charge < -0.3 is 19.7 Å². The van der Waals surface area contributed by atoms with Gasteiger partial charge in [0.15, 0.2) is 0 Å². The molecule has 0 spiro atoms. The predicted molar refractivity (Wildman–Crippen MR) is 133 cm³/mol. The van der Waals surface area contributed by atoms with Crippen molar-refractivity contribution in [1.29, 1.82) is 0 Å². The van der Waals surface area contributed by atoms with E-state index in [0.29, 0.717) is 22.7 Å². The number of methoxy groups -OCH3 is 2. The number of thioether (sulfide) groups is 1.